The van der Waals surface area contributed by atoms with E-state index in [1.807, 2.05) is 19.2 Å². The molecule has 3 nitrogen and oxygen atoms in total. The molecule has 0 bridgehead atoms. The fraction of sp³-hybridized carbons (Fsp3) is 0.533. The summed E-state index contributed by atoms with van der Waals surface area (Å²) in [6, 6.07) is 6.97. The number of nitrogens with zero attached hydrogens (tertiary/aromatic N) is 2. The lowest BCUT2D eigenvalue weighted by Gasteiger charge is -2.20. The summed E-state index contributed by atoms with van der Waals surface area (Å²) in [5.41, 5.74) is 0.779. The third-order valence-electron chi connectivity index (χ3n) is 3.36. The van der Waals surface area contributed by atoms with Gasteiger partial charge in [0, 0.05) is 38.2 Å². The zero-order valence-corrected chi connectivity index (χ0v) is 12.8. The molecule has 1 heterocycles. The van der Waals surface area contributed by atoms with Crippen LogP contribution in [0, 0.1) is 5.82 Å². The molecule has 0 saturated carbocycles. The molecule has 0 unspecified atom stereocenters. The van der Waals surface area contributed by atoms with Gasteiger partial charge in [-0.3, -0.25) is 4.99 Å². The van der Waals surface area contributed by atoms with Crippen molar-refractivity contribution in [3.63, 3.8) is 0 Å². The van der Waals surface area contributed by atoms with Crippen LogP contribution in [0.25, 0.3) is 0 Å². The second kappa shape index (κ2) is 8.15. The summed E-state index contributed by atoms with van der Waals surface area (Å²) in [7, 11) is 1.83. The molecule has 0 atom stereocenters. The Balaban J connectivity index is 1.65. The fourth-order valence-electron chi connectivity index (χ4n) is 2.29. The Hall–Kier alpha value is -1.23. The third kappa shape index (κ3) is 4.40. The van der Waals surface area contributed by atoms with Crippen molar-refractivity contribution in [2.24, 2.45) is 4.99 Å². The van der Waals surface area contributed by atoms with Crippen molar-refractivity contribution in [3.8, 4) is 0 Å². The van der Waals surface area contributed by atoms with Crippen molar-refractivity contribution in [3.05, 3.63) is 35.6 Å². The third-order valence-corrected chi connectivity index (χ3v) is 4.37. The van der Waals surface area contributed by atoms with E-state index in [2.05, 4.69) is 15.2 Å². The molecular formula is C15H22FN3S. The number of aliphatic imine (C=N–C) groups is 1. The minimum atomic E-state index is -0.110. The molecule has 1 aliphatic rings. The smallest absolute Gasteiger partial charge is 0.193 e. The standard InChI is InChI=1S/C15H22FN3S/c1-17-15(19-9-4-5-10-19)18-8-11-20-12-13-6-2-3-7-14(13)16/h2-3,6-7H,4-5,8-12H2,1H3,(H,17,18). The topological polar surface area (TPSA) is 27.6 Å². The van der Waals surface area contributed by atoms with Crippen molar-refractivity contribution < 1.29 is 4.39 Å². The highest BCUT2D eigenvalue weighted by Crippen LogP contribution is 2.14. The Bertz CT molecular complexity index is 444. The van der Waals surface area contributed by atoms with Crippen LogP contribution in [0.5, 0.6) is 0 Å². The highest BCUT2D eigenvalue weighted by atomic mass is 32.2. The normalized spacial score (nSPS) is 15.7. The molecule has 1 aromatic carbocycles. The molecule has 5 heteroatoms. The van der Waals surface area contributed by atoms with Crippen molar-refractivity contribution in [2.75, 3.05) is 32.4 Å². The zero-order valence-electron chi connectivity index (χ0n) is 11.9. The van der Waals surface area contributed by atoms with Gasteiger partial charge in [-0.15, -0.1) is 0 Å². The van der Waals surface area contributed by atoms with E-state index in [0.29, 0.717) is 0 Å². The predicted molar refractivity (Wildman–Crippen MR) is 84.7 cm³/mol. The summed E-state index contributed by atoms with van der Waals surface area (Å²) in [6.07, 6.45) is 2.51. The number of likely N-dealkylation sites (tertiary alicyclic amines) is 1. The number of thioether (sulfide) groups is 1. The first kappa shape index (κ1) is 15.2. The van der Waals surface area contributed by atoms with E-state index < -0.39 is 0 Å². The molecule has 2 rings (SSSR count). The number of guanidine groups is 1. The molecule has 1 aromatic rings. The molecule has 0 aromatic heterocycles. The molecule has 20 heavy (non-hydrogen) atoms. The highest BCUT2D eigenvalue weighted by Gasteiger charge is 2.14. The van der Waals surface area contributed by atoms with Crippen LogP contribution in [0.15, 0.2) is 29.3 Å². The number of benzene rings is 1. The fourth-order valence-corrected chi connectivity index (χ4v) is 3.14. The summed E-state index contributed by atoms with van der Waals surface area (Å²) in [4.78, 5) is 6.60. The first-order valence-corrected chi connectivity index (χ1v) is 8.23. The molecular weight excluding hydrogens is 273 g/mol. The Morgan fingerprint density at radius 1 is 1.35 bits per heavy atom. The van der Waals surface area contributed by atoms with Crippen molar-refractivity contribution in [1.82, 2.24) is 10.2 Å². The lowest BCUT2D eigenvalue weighted by Crippen LogP contribution is -2.40. The van der Waals surface area contributed by atoms with Crippen LogP contribution in [0.4, 0.5) is 4.39 Å². The lowest BCUT2D eigenvalue weighted by molar-refractivity contribution is 0.496. The van der Waals surface area contributed by atoms with Crippen LogP contribution in [0.2, 0.25) is 0 Å². The van der Waals surface area contributed by atoms with Gasteiger partial charge in [-0.2, -0.15) is 11.8 Å². The van der Waals surface area contributed by atoms with E-state index in [1.54, 1.807) is 17.8 Å². The summed E-state index contributed by atoms with van der Waals surface area (Å²) in [6.45, 7) is 3.06. The molecule has 1 saturated heterocycles. The van der Waals surface area contributed by atoms with Gasteiger partial charge in [0.05, 0.1) is 0 Å². The van der Waals surface area contributed by atoms with Crippen molar-refractivity contribution in [1.29, 1.82) is 0 Å². The Labute approximate surface area is 124 Å². The van der Waals surface area contributed by atoms with Gasteiger partial charge >= 0.3 is 0 Å². The molecule has 110 valence electrons. The maximum absolute atomic E-state index is 13.4. The van der Waals surface area contributed by atoms with Crippen molar-refractivity contribution in [2.45, 2.75) is 18.6 Å². The minimum Gasteiger partial charge on any atom is -0.355 e. The van der Waals surface area contributed by atoms with Crippen LogP contribution >= 0.6 is 11.8 Å². The maximum Gasteiger partial charge on any atom is 0.193 e. The van der Waals surface area contributed by atoms with Gasteiger partial charge in [-0.05, 0) is 24.5 Å². The first-order valence-electron chi connectivity index (χ1n) is 7.08. The van der Waals surface area contributed by atoms with E-state index >= 15 is 0 Å². The van der Waals surface area contributed by atoms with E-state index in [1.165, 1.54) is 18.9 Å². The van der Waals surface area contributed by atoms with E-state index in [4.69, 9.17) is 0 Å². The number of nitrogens with one attached hydrogen (secondary N) is 1. The van der Waals surface area contributed by atoms with Gasteiger partial charge in [0.15, 0.2) is 5.96 Å². The molecule has 0 spiro atoms. The molecule has 0 amide bonds. The Kier molecular flexibility index (Phi) is 6.18. The molecule has 1 N–H and O–H groups in total. The number of hydrogen-bond donors (Lipinski definition) is 1. The van der Waals surface area contributed by atoms with Gasteiger partial charge in [0.25, 0.3) is 0 Å². The predicted octanol–water partition coefficient (Wildman–Crippen LogP) is 2.73. The summed E-state index contributed by atoms with van der Waals surface area (Å²) in [5.74, 6) is 2.55. The second-order valence-corrected chi connectivity index (χ2v) is 5.92. The van der Waals surface area contributed by atoms with Crippen LogP contribution in [0.3, 0.4) is 0 Å². The van der Waals surface area contributed by atoms with Crippen molar-refractivity contribution >= 4 is 17.7 Å². The van der Waals surface area contributed by atoms with Gasteiger partial charge in [0.1, 0.15) is 5.82 Å². The largest absolute Gasteiger partial charge is 0.355 e. The maximum atomic E-state index is 13.4. The highest BCUT2D eigenvalue weighted by molar-refractivity contribution is 7.98. The SMILES string of the molecule is CN=C(NCCSCc1ccccc1F)N1CCCC1. The van der Waals surface area contributed by atoms with Crippen LogP contribution in [-0.2, 0) is 5.75 Å². The average Bonchev–Trinajstić information content (AvgIpc) is 2.98. The minimum absolute atomic E-state index is 0.110. The molecule has 0 radical (unpaired) electrons. The molecule has 1 fully saturated rings. The lowest BCUT2D eigenvalue weighted by atomic mass is 10.2. The number of rotatable bonds is 5. The average molecular weight is 295 g/mol. The first-order chi connectivity index (χ1) is 9.81. The van der Waals surface area contributed by atoms with Gasteiger partial charge < -0.3 is 10.2 Å². The zero-order chi connectivity index (χ0) is 14.2. The number of hydrogen-bond acceptors (Lipinski definition) is 2. The van der Waals surface area contributed by atoms with Gasteiger partial charge in [0.2, 0.25) is 0 Å². The number of halogens is 1. The van der Waals surface area contributed by atoms with Gasteiger partial charge in [-0.1, -0.05) is 18.2 Å². The molecule has 0 aliphatic carbocycles. The van der Waals surface area contributed by atoms with E-state index in [9.17, 15) is 4.39 Å². The van der Waals surface area contributed by atoms with E-state index in [0.717, 1.165) is 42.7 Å². The monoisotopic (exact) mass is 295 g/mol. The second-order valence-electron chi connectivity index (χ2n) is 4.81. The summed E-state index contributed by atoms with van der Waals surface area (Å²) >= 11 is 1.74. The Morgan fingerprint density at radius 2 is 2.10 bits per heavy atom. The molecule has 1 aliphatic heterocycles. The van der Waals surface area contributed by atoms with Crippen LogP contribution in [-0.4, -0.2) is 43.3 Å². The van der Waals surface area contributed by atoms with Crippen LogP contribution < -0.4 is 5.32 Å². The van der Waals surface area contributed by atoms with Gasteiger partial charge in [-0.25, -0.2) is 4.39 Å². The summed E-state index contributed by atoms with van der Waals surface area (Å²) < 4.78 is 13.4. The quantitative estimate of drug-likeness (QED) is 0.514. The van der Waals surface area contributed by atoms with E-state index in [-0.39, 0.29) is 5.82 Å². The Morgan fingerprint density at radius 3 is 2.80 bits per heavy atom. The van der Waals surface area contributed by atoms with Crippen LogP contribution in [0.1, 0.15) is 18.4 Å². The summed E-state index contributed by atoms with van der Waals surface area (Å²) in [5, 5.41) is 3.37.